The fraction of sp³-hybridized carbons (Fsp3) is 0.500. The monoisotopic (exact) mass is 271 g/mol. The molecule has 1 rings (SSSR count). The topological polar surface area (TPSA) is 40.5 Å². The average molecular weight is 271 g/mol. The molecule has 0 amide bonds. The van der Waals surface area contributed by atoms with Gasteiger partial charge in [0.05, 0.1) is 11.6 Å². The average Bonchev–Trinajstić information content (AvgIpc) is 2.38. The van der Waals surface area contributed by atoms with Crippen molar-refractivity contribution in [2.24, 2.45) is 0 Å². The second kappa shape index (κ2) is 7.31. The Morgan fingerprint density at radius 3 is 2.63 bits per heavy atom. The van der Waals surface area contributed by atoms with Crippen molar-refractivity contribution in [1.82, 2.24) is 4.90 Å². The molecule has 0 aromatic heterocycles. The number of carbonyl (C=O) groups excluding carboxylic acids is 1. The van der Waals surface area contributed by atoms with Gasteiger partial charge in [-0.25, -0.2) is 8.78 Å². The van der Waals surface area contributed by atoms with E-state index in [1.807, 2.05) is 11.8 Å². The van der Waals surface area contributed by atoms with Crippen LogP contribution in [0, 0.1) is 11.6 Å². The van der Waals surface area contributed by atoms with Crippen molar-refractivity contribution in [3.63, 3.8) is 0 Å². The zero-order chi connectivity index (χ0) is 14.4. The Kier molecular flexibility index (Phi) is 6.05. The van der Waals surface area contributed by atoms with Gasteiger partial charge in [0.15, 0.2) is 5.78 Å². The van der Waals surface area contributed by atoms with Gasteiger partial charge in [0.1, 0.15) is 11.6 Å². The summed E-state index contributed by atoms with van der Waals surface area (Å²) in [6.07, 6.45) is 0.553. The Morgan fingerprint density at radius 2 is 2.11 bits per heavy atom. The number of nitrogens with zero attached hydrogens (tertiary/aromatic N) is 1. The maximum Gasteiger partial charge on any atom is 0.182 e. The molecule has 0 aliphatic heterocycles. The predicted molar refractivity (Wildman–Crippen MR) is 69.1 cm³/mol. The first kappa shape index (κ1) is 15.7. The highest BCUT2D eigenvalue weighted by Crippen LogP contribution is 2.14. The number of aliphatic hydroxyl groups excluding tert-OH is 1. The Morgan fingerprint density at radius 1 is 1.42 bits per heavy atom. The van der Waals surface area contributed by atoms with Crippen LogP contribution in [-0.2, 0) is 0 Å². The molecule has 0 bridgehead atoms. The van der Waals surface area contributed by atoms with Crippen LogP contribution in [0.3, 0.4) is 0 Å². The van der Waals surface area contributed by atoms with Crippen molar-refractivity contribution in [2.45, 2.75) is 26.3 Å². The fourth-order valence-corrected chi connectivity index (χ4v) is 1.98. The van der Waals surface area contributed by atoms with Crippen LogP contribution in [0.15, 0.2) is 18.2 Å². The molecule has 0 saturated heterocycles. The number of halogens is 2. The zero-order valence-electron chi connectivity index (χ0n) is 11.2. The summed E-state index contributed by atoms with van der Waals surface area (Å²) >= 11 is 0. The molecule has 1 unspecified atom stereocenters. The normalized spacial score (nSPS) is 12.7. The fourth-order valence-electron chi connectivity index (χ4n) is 1.98. The van der Waals surface area contributed by atoms with E-state index in [2.05, 4.69) is 0 Å². The molecule has 0 fully saturated rings. The molecular formula is C14H19F2NO2. The molecule has 3 nitrogen and oxygen atoms in total. The standard InChI is InChI=1S/C14H19F2NO2/c1-3-17(7-4-8-18)10(2)14(19)12-6-5-11(15)9-13(12)16/h5-6,9-10,18H,3-4,7-8H2,1-2H3. The minimum absolute atomic E-state index is 0.0440. The molecule has 1 aromatic carbocycles. The van der Waals surface area contributed by atoms with Crippen LogP contribution in [-0.4, -0.2) is 41.5 Å². The highest BCUT2D eigenvalue weighted by molar-refractivity contribution is 6.00. The van der Waals surface area contributed by atoms with Crippen LogP contribution >= 0.6 is 0 Å². The summed E-state index contributed by atoms with van der Waals surface area (Å²) < 4.78 is 26.4. The van der Waals surface area contributed by atoms with Crippen molar-refractivity contribution >= 4 is 5.78 Å². The van der Waals surface area contributed by atoms with Gasteiger partial charge in [-0.05, 0) is 32.0 Å². The number of ketones is 1. The first-order chi connectivity index (χ1) is 9.01. The van der Waals surface area contributed by atoms with Crippen LogP contribution in [0.2, 0.25) is 0 Å². The van der Waals surface area contributed by atoms with Gasteiger partial charge in [0.2, 0.25) is 0 Å². The van der Waals surface area contributed by atoms with E-state index in [-0.39, 0.29) is 18.0 Å². The second-order valence-corrected chi connectivity index (χ2v) is 4.37. The van der Waals surface area contributed by atoms with E-state index in [4.69, 9.17) is 5.11 Å². The number of hydrogen-bond donors (Lipinski definition) is 1. The van der Waals surface area contributed by atoms with E-state index in [1.165, 1.54) is 6.07 Å². The smallest absolute Gasteiger partial charge is 0.182 e. The maximum atomic E-state index is 13.6. The molecule has 1 atom stereocenters. The van der Waals surface area contributed by atoms with Crippen molar-refractivity contribution in [3.8, 4) is 0 Å². The van der Waals surface area contributed by atoms with Gasteiger partial charge in [-0.2, -0.15) is 0 Å². The lowest BCUT2D eigenvalue weighted by atomic mass is 10.0. The number of likely N-dealkylation sites (N-methyl/N-ethyl adjacent to an activating group) is 1. The molecule has 0 radical (unpaired) electrons. The largest absolute Gasteiger partial charge is 0.396 e. The highest BCUT2D eigenvalue weighted by Gasteiger charge is 2.23. The third-order valence-corrected chi connectivity index (χ3v) is 3.13. The van der Waals surface area contributed by atoms with Gasteiger partial charge in [-0.1, -0.05) is 6.92 Å². The van der Waals surface area contributed by atoms with Gasteiger partial charge >= 0.3 is 0 Å². The lowest BCUT2D eigenvalue weighted by molar-refractivity contribution is 0.0830. The predicted octanol–water partition coefficient (Wildman–Crippen LogP) is 2.24. The number of aliphatic hydroxyl groups is 1. The third-order valence-electron chi connectivity index (χ3n) is 3.13. The number of carbonyl (C=O) groups is 1. The summed E-state index contributed by atoms with van der Waals surface area (Å²) in [5.41, 5.74) is -0.101. The van der Waals surface area contributed by atoms with Crippen molar-refractivity contribution in [2.75, 3.05) is 19.7 Å². The summed E-state index contributed by atoms with van der Waals surface area (Å²) in [7, 11) is 0. The molecule has 0 spiro atoms. The Hall–Kier alpha value is -1.33. The van der Waals surface area contributed by atoms with Crippen molar-refractivity contribution in [1.29, 1.82) is 0 Å². The summed E-state index contributed by atoms with van der Waals surface area (Å²) in [6, 6.07) is 2.46. The summed E-state index contributed by atoms with van der Waals surface area (Å²) in [6.45, 7) is 4.80. The van der Waals surface area contributed by atoms with Crippen LogP contribution in [0.5, 0.6) is 0 Å². The van der Waals surface area contributed by atoms with Crippen LogP contribution in [0.1, 0.15) is 30.6 Å². The van der Waals surface area contributed by atoms with E-state index in [0.717, 1.165) is 6.07 Å². The first-order valence-corrected chi connectivity index (χ1v) is 6.35. The molecular weight excluding hydrogens is 252 g/mol. The van der Waals surface area contributed by atoms with E-state index in [0.29, 0.717) is 25.6 Å². The molecule has 19 heavy (non-hydrogen) atoms. The van der Waals surface area contributed by atoms with Crippen molar-refractivity contribution < 1.29 is 18.7 Å². The molecule has 1 N–H and O–H groups in total. The molecule has 1 aromatic rings. The van der Waals surface area contributed by atoms with Crippen LogP contribution in [0.4, 0.5) is 8.78 Å². The molecule has 106 valence electrons. The van der Waals surface area contributed by atoms with Crippen LogP contribution in [0.25, 0.3) is 0 Å². The van der Waals surface area contributed by atoms with E-state index >= 15 is 0 Å². The number of Topliss-reactive ketones (excluding diaryl/α,β-unsaturated/α-hetero) is 1. The minimum atomic E-state index is -0.838. The highest BCUT2D eigenvalue weighted by atomic mass is 19.1. The first-order valence-electron chi connectivity index (χ1n) is 6.35. The molecule has 0 saturated carbocycles. The van der Waals surface area contributed by atoms with Gasteiger partial charge in [-0.3, -0.25) is 9.69 Å². The van der Waals surface area contributed by atoms with Gasteiger partial charge < -0.3 is 5.11 Å². The minimum Gasteiger partial charge on any atom is -0.396 e. The van der Waals surface area contributed by atoms with Gasteiger partial charge in [-0.15, -0.1) is 0 Å². The van der Waals surface area contributed by atoms with Gasteiger partial charge in [0, 0.05) is 19.2 Å². The van der Waals surface area contributed by atoms with Crippen molar-refractivity contribution in [3.05, 3.63) is 35.4 Å². The molecule has 0 aliphatic rings. The van der Waals surface area contributed by atoms with E-state index in [9.17, 15) is 13.6 Å². The summed E-state index contributed by atoms with van der Waals surface area (Å²) in [5.74, 6) is -1.92. The van der Waals surface area contributed by atoms with Gasteiger partial charge in [0.25, 0.3) is 0 Å². The lowest BCUT2D eigenvalue weighted by Crippen LogP contribution is -2.40. The second-order valence-electron chi connectivity index (χ2n) is 4.37. The quantitative estimate of drug-likeness (QED) is 0.773. The summed E-state index contributed by atoms with van der Waals surface area (Å²) in [5, 5.41) is 8.81. The van der Waals surface area contributed by atoms with E-state index < -0.39 is 17.7 Å². The molecule has 0 heterocycles. The number of rotatable bonds is 7. The SMILES string of the molecule is CCN(CCCO)C(C)C(=O)c1ccc(F)cc1F. The van der Waals surface area contributed by atoms with Crippen LogP contribution < -0.4 is 0 Å². The maximum absolute atomic E-state index is 13.6. The lowest BCUT2D eigenvalue weighted by Gasteiger charge is -2.26. The summed E-state index contributed by atoms with van der Waals surface area (Å²) in [4.78, 5) is 14.0. The Bertz CT molecular complexity index is 437. The number of hydrogen-bond acceptors (Lipinski definition) is 3. The van der Waals surface area contributed by atoms with E-state index in [1.54, 1.807) is 6.92 Å². The molecule has 5 heteroatoms. The molecule has 0 aliphatic carbocycles. The number of benzene rings is 1. The third kappa shape index (κ3) is 4.08. The Labute approximate surface area is 111 Å². The zero-order valence-corrected chi connectivity index (χ0v) is 11.2. The Balaban J connectivity index is 2.85.